The predicted molar refractivity (Wildman–Crippen MR) is 134 cm³/mol. The number of aliphatic carboxylic acids is 1. The smallest absolute Gasteiger partial charge is 0.414 e. The molecule has 0 spiro atoms. The van der Waals surface area contributed by atoms with Gasteiger partial charge in [0.25, 0.3) is 0 Å². The molecule has 1 unspecified atom stereocenters. The zero-order chi connectivity index (χ0) is 27.5. The molecule has 0 aliphatic carbocycles. The Kier molecular flexibility index (Phi) is 9.92. The Morgan fingerprint density at radius 3 is 1.84 bits per heavy atom. The van der Waals surface area contributed by atoms with E-state index in [-0.39, 0.29) is 38.6 Å². The van der Waals surface area contributed by atoms with Crippen LogP contribution in [0.15, 0.2) is 65.7 Å². The van der Waals surface area contributed by atoms with Crippen LogP contribution in [0.2, 0.25) is 0 Å². The number of hydrogen-bond donors (Lipinski definition) is 3. The van der Waals surface area contributed by atoms with Crippen molar-refractivity contribution < 1.29 is 38.6 Å². The van der Waals surface area contributed by atoms with Crippen LogP contribution < -0.4 is 10.6 Å². The molecule has 2 aromatic carbocycles. The highest BCUT2D eigenvalue weighted by molar-refractivity contribution is 6.07. The standard InChI is InChI=1S/C26H28N4O8/c1-17(31)30-21(23(33)34)20(22(30)32)13-8-14-27-24(28-25(35)37-15-18-9-4-2-5-10-18)29-26(36)38-16-19-11-6-3-7-12-19/h2-7,9-12,20-21H,8,13-16H2,1H3,(H,33,34)(H2,27,28,29,35,36)/t20?,21-/m0/s1. The molecule has 200 valence electrons. The molecule has 0 radical (unpaired) electrons. The fourth-order valence-electron chi connectivity index (χ4n) is 3.79. The number of likely N-dealkylation sites (tertiary alicyclic amines) is 1. The van der Waals surface area contributed by atoms with Crippen LogP contribution in [0, 0.1) is 5.92 Å². The molecule has 3 N–H and O–H groups in total. The SMILES string of the molecule is CC(=O)N1C(=O)C(CCCN=C(NC(=O)OCc2ccccc2)NC(=O)OCc2ccccc2)[C@H]1C(=O)O. The average Bonchev–Trinajstić information content (AvgIpc) is 2.89. The molecule has 1 saturated heterocycles. The Hall–Kier alpha value is -4.74. The summed E-state index contributed by atoms with van der Waals surface area (Å²) < 4.78 is 10.3. The van der Waals surface area contributed by atoms with Gasteiger partial charge in [0.1, 0.15) is 19.3 Å². The molecule has 1 heterocycles. The lowest BCUT2D eigenvalue weighted by Crippen LogP contribution is -2.65. The van der Waals surface area contributed by atoms with Crippen LogP contribution in [0.5, 0.6) is 0 Å². The Balaban J connectivity index is 1.57. The molecule has 0 aromatic heterocycles. The van der Waals surface area contributed by atoms with Gasteiger partial charge in [0.2, 0.25) is 17.8 Å². The quantitative estimate of drug-likeness (QED) is 0.195. The summed E-state index contributed by atoms with van der Waals surface area (Å²) >= 11 is 0. The van der Waals surface area contributed by atoms with E-state index in [0.717, 1.165) is 23.0 Å². The van der Waals surface area contributed by atoms with E-state index < -0.39 is 41.9 Å². The maximum absolute atomic E-state index is 12.3. The van der Waals surface area contributed by atoms with Crippen molar-refractivity contribution in [1.29, 1.82) is 0 Å². The first-order valence-corrected chi connectivity index (χ1v) is 11.8. The molecule has 1 aliphatic rings. The molecular weight excluding hydrogens is 496 g/mol. The minimum absolute atomic E-state index is 0.00851. The van der Waals surface area contributed by atoms with Crippen LogP contribution in [0.25, 0.3) is 0 Å². The molecule has 12 nitrogen and oxygen atoms in total. The molecule has 2 aromatic rings. The molecule has 12 heteroatoms. The van der Waals surface area contributed by atoms with Crippen molar-refractivity contribution in [3.63, 3.8) is 0 Å². The van der Waals surface area contributed by atoms with Crippen molar-refractivity contribution in [3.8, 4) is 0 Å². The summed E-state index contributed by atoms with van der Waals surface area (Å²) in [4.78, 5) is 64.6. The van der Waals surface area contributed by atoms with E-state index in [1.165, 1.54) is 0 Å². The van der Waals surface area contributed by atoms with E-state index in [9.17, 15) is 29.1 Å². The van der Waals surface area contributed by atoms with Crippen molar-refractivity contribution in [2.45, 2.75) is 39.0 Å². The van der Waals surface area contributed by atoms with Crippen LogP contribution in [-0.4, -0.2) is 58.5 Å². The van der Waals surface area contributed by atoms with Crippen molar-refractivity contribution in [2.75, 3.05) is 6.54 Å². The molecule has 0 saturated carbocycles. The van der Waals surface area contributed by atoms with E-state index in [4.69, 9.17) is 9.47 Å². The fourth-order valence-corrected chi connectivity index (χ4v) is 3.79. The molecular formula is C26H28N4O8. The highest BCUT2D eigenvalue weighted by Crippen LogP contribution is 2.31. The number of carboxylic acids is 1. The number of carbonyl (C=O) groups is 5. The molecule has 1 aliphatic heterocycles. The normalized spacial score (nSPS) is 16.0. The van der Waals surface area contributed by atoms with Crippen LogP contribution >= 0.6 is 0 Å². The molecule has 38 heavy (non-hydrogen) atoms. The topological polar surface area (TPSA) is 164 Å². The number of imide groups is 1. The summed E-state index contributed by atoms with van der Waals surface area (Å²) in [6, 6.07) is 16.7. The Labute approximate surface area is 218 Å². The number of carboxylic acid groups (broad SMARTS) is 1. The average molecular weight is 525 g/mol. The first-order chi connectivity index (χ1) is 18.3. The van der Waals surface area contributed by atoms with E-state index >= 15 is 0 Å². The molecule has 4 amide bonds. The number of hydrogen-bond acceptors (Lipinski definition) is 8. The van der Waals surface area contributed by atoms with Gasteiger partial charge in [-0.05, 0) is 24.0 Å². The lowest BCUT2D eigenvalue weighted by Gasteiger charge is -2.42. The number of aliphatic imine (C=N–C) groups is 1. The maximum Gasteiger partial charge on any atom is 0.414 e. The number of carbonyl (C=O) groups excluding carboxylic acids is 4. The largest absolute Gasteiger partial charge is 0.480 e. The van der Waals surface area contributed by atoms with Crippen molar-refractivity contribution in [2.24, 2.45) is 10.9 Å². The van der Waals surface area contributed by atoms with E-state index in [2.05, 4.69) is 15.6 Å². The van der Waals surface area contributed by atoms with E-state index in [0.29, 0.717) is 0 Å². The number of nitrogens with one attached hydrogen (secondary N) is 2. The van der Waals surface area contributed by atoms with Gasteiger partial charge in [-0.2, -0.15) is 0 Å². The first kappa shape index (κ1) is 27.8. The predicted octanol–water partition coefficient (Wildman–Crippen LogP) is 2.43. The minimum Gasteiger partial charge on any atom is -0.480 e. The lowest BCUT2D eigenvalue weighted by molar-refractivity contribution is -0.176. The number of alkyl carbamates (subject to hydrolysis) is 2. The lowest BCUT2D eigenvalue weighted by atomic mass is 9.83. The van der Waals surface area contributed by atoms with Gasteiger partial charge < -0.3 is 14.6 Å². The molecule has 0 bridgehead atoms. The van der Waals surface area contributed by atoms with Gasteiger partial charge in [-0.1, -0.05) is 60.7 Å². The van der Waals surface area contributed by atoms with Crippen molar-refractivity contribution >= 4 is 35.9 Å². The third-order valence-electron chi connectivity index (χ3n) is 5.62. The van der Waals surface area contributed by atoms with Crippen molar-refractivity contribution in [1.82, 2.24) is 15.5 Å². The van der Waals surface area contributed by atoms with Gasteiger partial charge in [0.05, 0.1) is 5.92 Å². The highest BCUT2D eigenvalue weighted by atomic mass is 16.6. The van der Waals surface area contributed by atoms with Gasteiger partial charge in [-0.25, -0.2) is 14.4 Å². The maximum atomic E-state index is 12.3. The number of guanidine groups is 1. The third kappa shape index (κ3) is 7.88. The van der Waals surface area contributed by atoms with Gasteiger partial charge in [-0.15, -0.1) is 0 Å². The highest BCUT2D eigenvalue weighted by Gasteiger charge is 2.53. The van der Waals surface area contributed by atoms with E-state index in [1.807, 2.05) is 12.1 Å². The van der Waals surface area contributed by atoms with Gasteiger partial charge >= 0.3 is 18.2 Å². The first-order valence-electron chi connectivity index (χ1n) is 11.8. The van der Waals surface area contributed by atoms with Crippen LogP contribution in [0.1, 0.15) is 30.9 Å². The van der Waals surface area contributed by atoms with Crippen LogP contribution in [-0.2, 0) is 37.1 Å². The minimum atomic E-state index is -1.26. The summed E-state index contributed by atoms with van der Waals surface area (Å²) in [5, 5.41) is 14.1. The fraction of sp³-hybridized carbons (Fsp3) is 0.308. The van der Waals surface area contributed by atoms with Gasteiger partial charge in [-0.3, -0.25) is 30.1 Å². The molecule has 3 rings (SSSR count). The third-order valence-corrected chi connectivity index (χ3v) is 5.62. The number of β-lactam (4-membered cyclic amide) rings is 1. The summed E-state index contributed by atoms with van der Waals surface area (Å²) in [5.41, 5.74) is 1.52. The Morgan fingerprint density at radius 2 is 1.39 bits per heavy atom. The summed E-state index contributed by atoms with van der Waals surface area (Å²) in [6.45, 7) is 1.14. The number of benzene rings is 2. The van der Waals surface area contributed by atoms with Crippen LogP contribution in [0.4, 0.5) is 9.59 Å². The van der Waals surface area contributed by atoms with Crippen LogP contribution in [0.3, 0.4) is 0 Å². The summed E-state index contributed by atoms with van der Waals surface area (Å²) in [6.07, 6.45) is -1.34. The number of amides is 4. The second-order valence-electron chi connectivity index (χ2n) is 8.36. The zero-order valence-electron chi connectivity index (χ0n) is 20.7. The second kappa shape index (κ2) is 13.5. The van der Waals surface area contributed by atoms with Crippen molar-refractivity contribution in [3.05, 3.63) is 71.8 Å². The van der Waals surface area contributed by atoms with E-state index in [1.54, 1.807) is 48.5 Å². The zero-order valence-corrected chi connectivity index (χ0v) is 20.7. The molecule has 2 atom stereocenters. The monoisotopic (exact) mass is 524 g/mol. The Bertz CT molecular complexity index is 1130. The summed E-state index contributed by atoms with van der Waals surface area (Å²) in [7, 11) is 0. The molecule has 1 fully saturated rings. The summed E-state index contributed by atoms with van der Waals surface area (Å²) in [5.74, 6) is -3.54. The Morgan fingerprint density at radius 1 is 0.895 bits per heavy atom. The van der Waals surface area contributed by atoms with Gasteiger partial charge in [0.15, 0.2) is 0 Å². The number of nitrogens with zero attached hydrogens (tertiary/aromatic N) is 2. The number of rotatable bonds is 9. The number of ether oxygens (including phenoxy) is 2. The van der Waals surface area contributed by atoms with Gasteiger partial charge in [0, 0.05) is 13.5 Å². The second-order valence-corrected chi connectivity index (χ2v) is 8.36.